The number of hydrogen-bond donors (Lipinski definition) is 0. The van der Waals surface area contributed by atoms with Gasteiger partial charge in [0.2, 0.25) is 0 Å². The number of nitriles is 1. The summed E-state index contributed by atoms with van der Waals surface area (Å²) in [6.45, 7) is 1.53. The van der Waals surface area contributed by atoms with Crippen molar-refractivity contribution in [3.63, 3.8) is 0 Å². The fraction of sp³-hybridized carbons (Fsp3) is 0.308. The molecule has 19 heavy (non-hydrogen) atoms. The van der Waals surface area contributed by atoms with Gasteiger partial charge >= 0.3 is 5.97 Å². The highest BCUT2D eigenvalue weighted by molar-refractivity contribution is 6.30. The average Bonchev–Trinajstić information content (AvgIpc) is 2.68. The van der Waals surface area contributed by atoms with Gasteiger partial charge in [0.25, 0.3) is 5.91 Å². The van der Waals surface area contributed by atoms with Crippen LogP contribution in [-0.4, -0.2) is 29.9 Å². The molecule has 0 saturated heterocycles. The molecule has 98 valence electrons. The number of ether oxygens (including phenoxy) is 1. The smallest absolute Gasteiger partial charge is 0.328 e. The van der Waals surface area contributed by atoms with E-state index in [-0.39, 0.29) is 5.91 Å². The quantitative estimate of drug-likeness (QED) is 0.775. The summed E-state index contributed by atoms with van der Waals surface area (Å²) in [7, 11) is 1.24. The summed E-state index contributed by atoms with van der Waals surface area (Å²) in [4.78, 5) is 25.1. The van der Waals surface area contributed by atoms with Crippen LogP contribution in [0.25, 0.3) is 0 Å². The molecule has 1 aliphatic rings. The lowest BCUT2D eigenvalue weighted by Gasteiger charge is -2.25. The minimum atomic E-state index is -0.826. The number of hydrogen-bond acceptors (Lipinski definition) is 4. The first-order chi connectivity index (χ1) is 9.01. The van der Waals surface area contributed by atoms with Gasteiger partial charge in [-0.3, -0.25) is 4.79 Å². The Morgan fingerprint density at radius 1 is 1.58 bits per heavy atom. The molecular weight excluding hydrogens is 268 g/mol. The van der Waals surface area contributed by atoms with Crippen LogP contribution in [0, 0.1) is 11.3 Å². The van der Waals surface area contributed by atoms with E-state index in [1.54, 1.807) is 18.2 Å². The predicted octanol–water partition coefficient (Wildman–Crippen LogP) is 1.92. The fourth-order valence-corrected chi connectivity index (χ4v) is 2.36. The zero-order valence-electron chi connectivity index (χ0n) is 10.4. The van der Waals surface area contributed by atoms with Crippen LogP contribution in [0.15, 0.2) is 18.2 Å². The van der Waals surface area contributed by atoms with E-state index in [1.165, 1.54) is 18.9 Å². The lowest BCUT2D eigenvalue weighted by molar-refractivity contribution is -0.145. The van der Waals surface area contributed by atoms with E-state index in [0.29, 0.717) is 16.1 Å². The summed E-state index contributed by atoms with van der Waals surface area (Å²) in [6, 6.07) is 5.10. The Morgan fingerprint density at radius 3 is 2.84 bits per heavy atom. The second-order valence-corrected chi connectivity index (χ2v) is 4.61. The second-order valence-electron chi connectivity index (χ2n) is 4.17. The van der Waals surface area contributed by atoms with Crippen molar-refractivity contribution in [2.45, 2.75) is 19.0 Å². The zero-order chi connectivity index (χ0) is 14.2. The van der Waals surface area contributed by atoms with E-state index < -0.39 is 18.1 Å². The van der Waals surface area contributed by atoms with Gasteiger partial charge in [0.05, 0.1) is 13.2 Å². The van der Waals surface area contributed by atoms with Crippen LogP contribution in [0.2, 0.25) is 5.02 Å². The maximum Gasteiger partial charge on any atom is 0.328 e. The summed E-state index contributed by atoms with van der Waals surface area (Å²) in [6.07, 6.45) is 0. The van der Waals surface area contributed by atoms with Crippen molar-refractivity contribution in [1.29, 1.82) is 5.26 Å². The van der Waals surface area contributed by atoms with Gasteiger partial charge in [-0.15, -0.1) is 0 Å². The first-order valence-corrected chi connectivity index (χ1v) is 5.98. The zero-order valence-corrected chi connectivity index (χ0v) is 11.1. The number of esters is 1. The lowest BCUT2D eigenvalue weighted by atomic mass is 10.1. The number of fused-ring (bicyclic) bond motifs is 1. The van der Waals surface area contributed by atoms with Gasteiger partial charge in [0.1, 0.15) is 12.1 Å². The average molecular weight is 279 g/mol. The van der Waals surface area contributed by atoms with Crippen LogP contribution in [0.1, 0.15) is 28.9 Å². The Morgan fingerprint density at radius 2 is 2.26 bits per heavy atom. The molecule has 1 heterocycles. The standard InChI is InChI=1S/C13H11ClN2O3/c1-7(13(18)19-2)16-11(6-15)10-5-8(14)3-4-9(10)12(16)17/h3-5,7,11H,1-2H3. The van der Waals surface area contributed by atoms with Crippen LogP contribution < -0.4 is 0 Å². The van der Waals surface area contributed by atoms with E-state index >= 15 is 0 Å². The highest BCUT2D eigenvalue weighted by Gasteiger charge is 2.42. The van der Waals surface area contributed by atoms with Crippen LogP contribution >= 0.6 is 11.6 Å². The van der Waals surface area contributed by atoms with Crippen molar-refractivity contribution >= 4 is 23.5 Å². The molecule has 0 saturated carbocycles. The minimum absolute atomic E-state index is 0.365. The van der Waals surface area contributed by atoms with E-state index in [1.807, 2.05) is 6.07 Å². The summed E-state index contributed by atoms with van der Waals surface area (Å²) in [5.41, 5.74) is 0.919. The maximum atomic E-state index is 12.3. The molecule has 2 unspecified atom stereocenters. The van der Waals surface area contributed by atoms with Gasteiger partial charge in [-0.1, -0.05) is 11.6 Å². The largest absolute Gasteiger partial charge is 0.467 e. The number of halogens is 1. The monoisotopic (exact) mass is 278 g/mol. The van der Waals surface area contributed by atoms with Gasteiger partial charge < -0.3 is 9.64 Å². The first kappa shape index (κ1) is 13.4. The van der Waals surface area contributed by atoms with E-state index in [0.717, 1.165) is 0 Å². The number of methoxy groups -OCH3 is 1. The molecule has 0 N–H and O–H groups in total. The van der Waals surface area contributed by atoms with Crippen molar-refractivity contribution in [3.05, 3.63) is 34.3 Å². The number of nitrogens with zero attached hydrogens (tertiary/aromatic N) is 2. The molecule has 1 aromatic carbocycles. The minimum Gasteiger partial charge on any atom is -0.467 e. The second kappa shape index (κ2) is 4.90. The van der Waals surface area contributed by atoms with Crippen molar-refractivity contribution in [2.75, 3.05) is 7.11 Å². The molecule has 2 rings (SSSR count). The van der Waals surface area contributed by atoms with Crippen molar-refractivity contribution in [2.24, 2.45) is 0 Å². The Hall–Kier alpha value is -2.06. The SMILES string of the molecule is COC(=O)C(C)N1C(=O)c2ccc(Cl)cc2C1C#N. The van der Waals surface area contributed by atoms with Crippen molar-refractivity contribution < 1.29 is 14.3 Å². The van der Waals surface area contributed by atoms with Gasteiger partial charge in [0, 0.05) is 16.1 Å². The number of rotatable bonds is 2. The van der Waals surface area contributed by atoms with Crippen LogP contribution in [0.4, 0.5) is 0 Å². The normalized spacial score (nSPS) is 18.7. The fourth-order valence-electron chi connectivity index (χ4n) is 2.18. The number of amides is 1. The third kappa shape index (κ3) is 2.04. The molecule has 0 spiro atoms. The molecular formula is C13H11ClN2O3. The van der Waals surface area contributed by atoms with Gasteiger partial charge in [0.15, 0.2) is 0 Å². The molecule has 2 atom stereocenters. The van der Waals surface area contributed by atoms with Crippen LogP contribution in [0.3, 0.4) is 0 Å². The third-order valence-electron chi connectivity index (χ3n) is 3.13. The molecule has 0 bridgehead atoms. The highest BCUT2D eigenvalue weighted by Crippen LogP contribution is 2.36. The third-order valence-corrected chi connectivity index (χ3v) is 3.37. The molecule has 5 nitrogen and oxygen atoms in total. The number of carbonyl (C=O) groups excluding carboxylic acids is 2. The first-order valence-electron chi connectivity index (χ1n) is 5.60. The van der Waals surface area contributed by atoms with Gasteiger partial charge in [-0.05, 0) is 25.1 Å². The molecule has 1 amide bonds. The molecule has 6 heteroatoms. The van der Waals surface area contributed by atoms with E-state index in [4.69, 9.17) is 11.6 Å². The summed E-state index contributed by atoms with van der Waals surface area (Å²) >= 11 is 5.88. The molecule has 1 aromatic rings. The van der Waals surface area contributed by atoms with Crippen molar-refractivity contribution in [1.82, 2.24) is 4.90 Å². The van der Waals surface area contributed by atoms with Gasteiger partial charge in [-0.25, -0.2) is 4.79 Å². The summed E-state index contributed by atoms with van der Waals surface area (Å²) in [5, 5.41) is 9.70. The van der Waals surface area contributed by atoms with Crippen LogP contribution in [0.5, 0.6) is 0 Å². The Bertz CT molecular complexity index is 594. The van der Waals surface area contributed by atoms with E-state index in [9.17, 15) is 14.9 Å². The molecule has 0 aromatic heterocycles. The van der Waals surface area contributed by atoms with Crippen LogP contribution in [-0.2, 0) is 9.53 Å². The molecule has 1 aliphatic heterocycles. The Kier molecular flexibility index (Phi) is 3.45. The maximum absolute atomic E-state index is 12.3. The lowest BCUT2D eigenvalue weighted by Crippen LogP contribution is -2.41. The Labute approximate surface area is 115 Å². The summed E-state index contributed by atoms with van der Waals surface area (Å²) in [5.74, 6) is -0.927. The topological polar surface area (TPSA) is 70.4 Å². The predicted molar refractivity (Wildman–Crippen MR) is 67.5 cm³/mol. The molecule has 0 aliphatic carbocycles. The molecule has 0 radical (unpaired) electrons. The number of carbonyl (C=O) groups is 2. The summed E-state index contributed by atoms with van der Waals surface area (Å²) < 4.78 is 4.62. The van der Waals surface area contributed by atoms with E-state index in [2.05, 4.69) is 4.74 Å². The Balaban J connectivity index is 2.48. The highest BCUT2D eigenvalue weighted by atomic mass is 35.5. The molecule has 0 fully saturated rings. The van der Waals surface area contributed by atoms with Gasteiger partial charge in [-0.2, -0.15) is 5.26 Å². The number of benzene rings is 1. The van der Waals surface area contributed by atoms with Crippen molar-refractivity contribution in [3.8, 4) is 6.07 Å².